The predicted octanol–water partition coefficient (Wildman–Crippen LogP) is 5.45. The molecule has 2 aromatic carbocycles. The highest BCUT2D eigenvalue weighted by Crippen LogP contribution is 2.43. The Hall–Kier alpha value is -4.73. The first-order valence-electron chi connectivity index (χ1n) is 12.1. The third kappa shape index (κ3) is 4.76. The Morgan fingerprint density at radius 1 is 1.10 bits per heavy atom. The first-order chi connectivity index (χ1) is 19.0. The number of pyridine rings is 1. The first kappa shape index (κ1) is 26.9. The molecule has 0 spiro atoms. The Morgan fingerprint density at radius 3 is 2.35 bits per heavy atom. The molecule has 5 aromatic rings. The van der Waals surface area contributed by atoms with Gasteiger partial charge in [-0.05, 0) is 48.2 Å². The number of benzene rings is 2. The first-order valence-corrected chi connectivity index (χ1v) is 14.4. The van der Waals surface area contributed by atoms with Crippen molar-refractivity contribution in [1.82, 2.24) is 10.1 Å². The number of hydrogen-bond donors (Lipinski definition) is 3. The van der Waals surface area contributed by atoms with E-state index in [1.165, 1.54) is 30.3 Å². The maximum absolute atomic E-state index is 13.5. The van der Waals surface area contributed by atoms with Crippen LogP contribution in [-0.4, -0.2) is 24.3 Å². The van der Waals surface area contributed by atoms with Gasteiger partial charge in [0.15, 0.2) is 5.82 Å². The Bertz CT molecular complexity index is 1920. The highest BCUT2D eigenvalue weighted by atomic mass is 32.2. The topological polar surface area (TPSA) is 178 Å². The van der Waals surface area contributed by atoms with Crippen LogP contribution in [0.2, 0.25) is 0 Å². The van der Waals surface area contributed by atoms with Crippen LogP contribution >= 0.6 is 11.3 Å². The average Bonchev–Trinajstić information content (AvgIpc) is 3.48. The summed E-state index contributed by atoms with van der Waals surface area (Å²) in [6.07, 6.45) is 0. The smallest absolute Gasteiger partial charge is 0.263 e. The van der Waals surface area contributed by atoms with Crippen LogP contribution in [0.1, 0.15) is 51.9 Å². The van der Waals surface area contributed by atoms with E-state index in [1.54, 1.807) is 6.92 Å². The third-order valence-corrected chi connectivity index (χ3v) is 8.85. The number of ketones is 1. The van der Waals surface area contributed by atoms with E-state index in [2.05, 4.69) is 34.8 Å². The Labute approximate surface area is 234 Å². The molecule has 0 amide bonds. The number of rotatable bonds is 7. The summed E-state index contributed by atoms with van der Waals surface area (Å²) in [5, 5.41) is 14.0. The molecule has 0 saturated carbocycles. The van der Waals surface area contributed by atoms with Crippen LogP contribution in [0, 0.1) is 18.3 Å². The zero-order valence-electron chi connectivity index (χ0n) is 21.7. The highest BCUT2D eigenvalue weighted by Gasteiger charge is 2.25. The number of nitrogen functional groups attached to an aromatic ring is 2. The molecule has 40 heavy (non-hydrogen) atoms. The van der Waals surface area contributed by atoms with Gasteiger partial charge < -0.3 is 16.0 Å². The monoisotopic (exact) mass is 572 g/mol. The molecule has 5 N–H and O–H groups in total. The number of hydrogen-bond acceptors (Lipinski definition) is 10. The maximum atomic E-state index is 13.5. The van der Waals surface area contributed by atoms with Gasteiger partial charge in [-0.15, -0.1) is 11.3 Å². The Balaban J connectivity index is 1.54. The molecule has 0 bridgehead atoms. The minimum absolute atomic E-state index is 0.0440. The molecular formula is C28H24N6O4S2. The number of anilines is 3. The molecule has 12 heteroatoms. The van der Waals surface area contributed by atoms with Crippen LogP contribution in [-0.2, 0) is 10.0 Å². The van der Waals surface area contributed by atoms with Crippen LogP contribution in [0.15, 0.2) is 64.0 Å². The van der Waals surface area contributed by atoms with Crippen molar-refractivity contribution >= 4 is 54.7 Å². The van der Waals surface area contributed by atoms with Crippen molar-refractivity contribution < 1.29 is 17.7 Å². The van der Waals surface area contributed by atoms with Gasteiger partial charge in [-0.2, -0.15) is 5.26 Å². The molecule has 0 radical (unpaired) electrons. The number of aromatic nitrogens is 2. The fraction of sp³-hybridized carbons (Fsp3) is 0.143. The summed E-state index contributed by atoms with van der Waals surface area (Å²) in [6, 6.07) is 16.8. The van der Waals surface area contributed by atoms with Gasteiger partial charge in [0.2, 0.25) is 5.78 Å². The zero-order chi connectivity index (χ0) is 28.8. The second kappa shape index (κ2) is 10.1. The quantitative estimate of drug-likeness (QED) is 0.214. The van der Waals surface area contributed by atoms with E-state index in [0.717, 1.165) is 22.5 Å². The number of nitrogens with one attached hydrogen (secondary N) is 1. The number of fused-ring (bicyclic) bond motifs is 1. The van der Waals surface area contributed by atoms with Crippen LogP contribution in [0.25, 0.3) is 21.3 Å². The van der Waals surface area contributed by atoms with Gasteiger partial charge in [0, 0.05) is 22.6 Å². The summed E-state index contributed by atoms with van der Waals surface area (Å²) in [6.45, 7) is 5.81. The molecule has 0 saturated heterocycles. The molecule has 10 nitrogen and oxygen atoms in total. The highest BCUT2D eigenvalue weighted by molar-refractivity contribution is 7.92. The summed E-state index contributed by atoms with van der Waals surface area (Å²) < 4.78 is 32.6. The number of nitriles is 1. The third-order valence-electron chi connectivity index (χ3n) is 6.38. The van der Waals surface area contributed by atoms with Crippen molar-refractivity contribution in [2.45, 2.75) is 31.6 Å². The fourth-order valence-electron chi connectivity index (χ4n) is 4.30. The molecule has 0 aliphatic carbocycles. The van der Waals surface area contributed by atoms with Crippen LogP contribution < -0.4 is 16.2 Å². The summed E-state index contributed by atoms with van der Waals surface area (Å²) in [5.74, 6) is 0.457. The standard InChI is InChI=1S/C28H24N6O4S2/c1-14(2)16-4-6-17(7-5-16)22-20(13-29)27(31)32-28-23(22)24(30)26(39-28)25(35)18-8-10-19(11-9-18)40(36,37)34-21-12-15(3)38-33-21/h4-12,14H,30H2,1-3H3,(H2,31,32)(H,33,34). The van der Waals surface area contributed by atoms with E-state index in [0.29, 0.717) is 27.5 Å². The summed E-state index contributed by atoms with van der Waals surface area (Å²) in [4.78, 5) is 18.5. The molecule has 0 fully saturated rings. The molecule has 0 unspecified atom stereocenters. The summed E-state index contributed by atoms with van der Waals surface area (Å²) >= 11 is 1.07. The maximum Gasteiger partial charge on any atom is 0.263 e. The zero-order valence-corrected chi connectivity index (χ0v) is 23.4. The second-order valence-electron chi connectivity index (χ2n) is 9.44. The number of aryl methyl sites for hydroxylation is 1. The minimum atomic E-state index is -3.95. The number of nitrogens with two attached hydrogens (primary N) is 2. The predicted molar refractivity (Wildman–Crippen MR) is 155 cm³/mol. The van der Waals surface area contributed by atoms with Gasteiger partial charge in [-0.1, -0.05) is 43.3 Å². The van der Waals surface area contributed by atoms with Gasteiger partial charge in [0.1, 0.15) is 32.9 Å². The summed E-state index contributed by atoms with van der Waals surface area (Å²) in [7, 11) is -3.95. The van der Waals surface area contributed by atoms with E-state index in [4.69, 9.17) is 16.0 Å². The van der Waals surface area contributed by atoms with Crippen molar-refractivity contribution in [3.8, 4) is 17.2 Å². The van der Waals surface area contributed by atoms with Gasteiger partial charge in [0.25, 0.3) is 10.0 Å². The normalized spacial score (nSPS) is 11.6. The van der Waals surface area contributed by atoms with Gasteiger partial charge in [-0.3, -0.25) is 9.52 Å². The Morgan fingerprint density at radius 2 is 1.77 bits per heavy atom. The average molecular weight is 573 g/mol. The van der Waals surface area contributed by atoms with E-state index < -0.39 is 15.8 Å². The van der Waals surface area contributed by atoms with E-state index >= 15 is 0 Å². The van der Waals surface area contributed by atoms with E-state index in [1.807, 2.05) is 24.3 Å². The largest absolute Gasteiger partial charge is 0.397 e. The van der Waals surface area contributed by atoms with Crippen molar-refractivity contribution in [3.05, 3.63) is 81.9 Å². The summed E-state index contributed by atoms with van der Waals surface area (Å²) in [5.41, 5.74) is 15.6. The van der Waals surface area contributed by atoms with Crippen molar-refractivity contribution in [2.75, 3.05) is 16.2 Å². The number of sulfonamides is 1. The van der Waals surface area contributed by atoms with Crippen molar-refractivity contribution in [1.29, 1.82) is 5.26 Å². The lowest BCUT2D eigenvalue weighted by molar-refractivity contribution is 0.104. The SMILES string of the molecule is Cc1cc(NS(=O)(=O)c2ccc(C(=O)c3sc4nc(N)c(C#N)c(-c5ccc(C(C)C)cc5)c4c3N)cc2)no1. The van der Waals surface area contributed by atoms with Crippen LogP contribution in [0.5, 0.6) is 0 Å². The molecule has 3 aromatic heterocycles. The van der Waals surface area contributed by atoms with Crippen molar-refractivity contribution in [3.63, 3.8) is 0 Å². The molecular weight excluding hydrogens is 548 g/mol. The molecule has 5 rings (SSSR count). The van der Waals surface area contributed by atoms with Crippen LogP contribution in [0.3, 0.4) is 0 Å². The Kier molecular flexibility index (Phi) is 6.79. The van der Waals surface area contributed by atoms with Gasteiger partial charge in [0.05, 0.1) is 10.6 Å². The number of thiophene rings is 1. The molecule has 0 atom stereocenters. The number of carbonyl (C=O) groups is 1. The number of carbonyl (C=O) groups excluding carboxylic acids is 1. The van der Waals surface area contributed by atoms with Gasteiger partial charge in [-0.25, -0.2) is 13.4 Å². The van der Waals surface area contributed by atoms with Gasteiger partial charge >= 0.3 is 0 Å². The minimum Gasteiger partial charge on any atom is -0.397 e. The van der Waals surface area contributed by atoms with E-state index in [-0.39, 0.29) is 38.2 Å². The fourth-order valence-corrected chi connectivity index (χ4v) is 6.36. The lowest BCUT2D eigenvalue weighted by atomic mass is 9.94. The second-order valence-corrected chi connectivity index (χ2v) is 12.1. The molecule has 202 valence electrons. The van der Waals surface area contributed by atoms with Crippen molar-refractivity contribution in [2.24, 2.45) is 0 Å². The van der Waals surface area contributed by atoms with E-state index in [9.17, 15) is 18.5 Å². The molecule has 0 aliphatic rings. The van der Waals surface area contributed by atoms with Crippen LogP contribution in [0.4, 0.5) is 17.3 Å². The number of nitrogens with zero attached hydrogens (tertiary/aromatic N) is 3. The lowest BCUT2D eigenvalue weighted by Crippen LogP contribution is -2.13. The lowest BCUT2D eigenvalue weighted by Gasteiger charge is -2.11. The molecule has 3 heterocycles. The molecule has 0 aliphatic heterocycles.